The molecule has 4 N–H and O–H groups in total. The fourth-order valence-electron chi connectivity index (χ4n) is 2.90. The Morgan fingerprint density at radius 2 is 1.90 bits per heavy atom. The van der Waals surface area contributed by atoms with Gasteiger partial charge < -0.3 is 11.1 Å². The van der Waals surface area contributed by atoms with E-state index in [1.807, 2.05) is 25.1 Å². The Bertz CT molecular complexity index is 1180. The zero-order chi connectivity index (χ0) is 20.4. The molecule has 0 aliphatic heterocycles. The second kappa shape index (κ2) is 7.39. The van der Waals surface area contributed by atoms with Crippen LogP contribution in [0.2, 0.25) is 0 Å². The van der Waals surface area contributed by atoms with Gasteiger partial charge in [-0.3, -0.25) is 10.2 Å². The van der Waals surface area contributed by atoms with Gasteiger partial charge in [0.1, 0.15) is 24.2 Å². The Kier molecular flexibility index (Phi) is 4.62. The number of benzene rings is 2. The molecule has 1 amide bonds. The van der Waals surface area contributed by atoms with E-state index in [4.69, 9.17) is 11.1 Å². The maximum absolute atomic E-state index is 12.9. The lowest BCUT2D eigenvalue weighted by Crippen LogP contribution is -2.17. The molecule has 0 bridgehead atoms. The lowest BCUT2D eigenvalue weighted by molar-refractivity contribution is 0.101. The van der Waals surface area contributed by atoms with Crippen LogP contribution in [0.5, 0.6) is 0 Å². The molecule has 2 aromatic heterocycles. The Labute approximate surface area is 166 Å². The highest BCUT2D eigenvalue weighted by atomic mass is 16.2. The normalized spacial score (nSPS) is 10.7. The van der Waals surface area contributed by atoms with Crippen LogP contribution in [-0.4, -0.2) is 36.3 Å². The topological polar surface area (TPSA) is 128 Å². The van der Waals surface area contributed by atoms with Crippen LogP contribution in [0.3, 0.4) is 0 Å². The molecule has 2 aromatic carbocycles. The minimum absolute atomic E-state index is 0.0470. The number of nitrogens with one attached hydrogen (secondary N) is 2. The molecule has 144 valence electrons. The number of carbonyl (C=O) groups is 1. The fourth-order valence-corrected chi connectivity index (χ4v) is 2.90. The SMILES string of the molecule is Cc1cc(C(=O)Nc2ccc(-n3cncn3)cc2)n(-c2cccc(C(=N)N)c2)n1. The Morgan fingerprint density at radius 1 is 1.10 bits per heavy atom. The van der Waals surface area contributed by atoms with Gasteiger partial charge in [0.2, 0.25) is 0 Å². The molecule has 0 spiro atoms. The smallest absolute Gasteiger partial charge is 0.274 e. The first kappa shape index (κ1) is 18.1. The second-order valence-electron chi connectivity index (χ2n) is 6.39. The van der Waals surface area contributed by atoms with Gasteiger partial charge in [0.15, 0.2) is 0 Å². The number of carbonyl (C=O) groups excluding carboxylic acids is 1. The average Bonchev–Trinajstić information content (AvgIpc) is 3.38. The van der Waals surface area contributed by atoms with Crippen molar-refractivity contribution in [2.24, 2.45) is 5.73 Å². The second-order valence-corrected chi connectivity index (χ2v) is 6.39. The Morgan fingerprint density at radius 3 is 2.59 bits per heavy atom. The highest BCUT2D eigenvalue weighted by Gasteiger charge is 2.16. The highest BCUT2D eigenvalue weighted by molar-refractivity contribution is 6.03. The van der Waals surface area contributed by atoms with Crippen molar-refractivity contribution in [2.75, 3.05) is 5.32 Å². The molecule has 4 rings (SSSR count). The van der Waals surface area contributed by atoms with E-state index in [1.165, 1.54) is 6.33 Å². The third-order valence-corrected chi connectivity index (χ3v) is 4.27. The number of rotatable bonds is 5. The summed E-state index contributed by atoms with van der Waals surface area (Å²) in [5.74, 6) is -0.346. The minimum atomic E-state index is -0.299. The van der Waals surface area contributed by atoms with Gasteiger partial charge >= 0.3 is 0 Å². The quantitative estimate of drug-likeness (QED) is 0.358. The predicted octanol–water partition coefficient (Wildman–Crippen LogP) is 2.30. The summed E-state index contributed by atoms with van der Waals surface area (Å²) in [6, 6.07) is 16.0. The van der Waals surface area contributed by atoms with E-state index in [0.29, 0.717) is 28.3 Å². The average molecular weight is 386 g/mol. The van der Waals surface area contributed by atoms with Gasteiger partial charge in [-0.25, -0.2) is 14.3 Å². The summed E-state index contributed by atoms with van der Waals surface area (Å²) in [7, 11) is 0. The van der Waals surface area contributed by atoms with Crippen LogP contribution >= 0.6 is 0 Å². The number of nitrogens with two attached hydrogens (primary N) is 1. The molecule has 4 aromatic rings. The standard InChI is InChI=1S/C20H18N8O/c1-13-9-18(28(26-13)17-4-2-3-14(10-17)19(21)22)20(29)25-15-5-7-16(8-6-15)27-12-23-11-24-27/h2-12H,1H3,(H3,21,22)(H,25,29). The van der Waals surface area contributed by atoms with Crippen LogP contribution in [0.15, 0.2) is 67.3 Å². The van der Waals surface area contributed by atoms with E-state index in [9.17, 15) is 4.79 Å². The van der Waals surface area contributed by atoms with E-state index < -0.39 is 0 Å². The van der Waals surface area contributed by atoms with Gasteiger partial charge in [-0.05, 0) is 49.4 Å². The van der Waals surface area contributed by atoms with Crippen molar-refractivity contribution in [1.29, 1.82) is 5.41 Å². The molecule has 0 atom stereocenters. The first-order valence-corrected chi connectivity index (χ1v) is 8.79. The van der Waals surface area contributed by atoms with Crippen molar-refractivity contribution < 1.29 is 4.79 Å². The summed E-state index contributed by atoms with van der Waals surface area (Å²) in [5, 5.41) is 19.0. The van der Waals surface area contributed by atoms with Crippen molar-refractivity contribution >= 4 is 17.4 Å². The molecule has 0 saturated carbocycles. The van der Waals surface area contributed by atoms with Crippen molar-refractivity contribution in [1.82, 2.24) is 24.5 Å². The molecule has 0 saturated heterocycles. The molecular formula is C20H18N8O. The summed E-state index contributed by atoms with van der Waals surface area (Å²) in [6.45, 7) is 1.81. The molecule has 2 heterocycles. The van der Waals surface area contributed by atoms with Gasteiger partial charge in [0, 0.05) is 11.3 Å². The van der Waals surface area contributed by atoms with E-state index in [2.05, 4.69) is 20.5 Å². The van der Waals surface area contributed by atoms with Gasteiger partial charge in [0.05, 0.1) is 17.1 Å². The zero-order valence-corrected chi connectivity index (χ0v) is 15.6. The van der Waals surface area contributed by atoms with Crippen molar-refractivity contribution in [3.8, 4) is 11.4 Å². The summed E-state index contributed by atoms with van der Waals surface area (Å²) < 4.78 is 3.17. The number of hydrogen-bond acceptors (Lipinski definition) is 5. The number of hydrogen-bond donors (Lipinski definition) is 3. The zero-order valence-electron chi connectivity index (χ0n) is 15.6. The maximum atomic E-state index is 12.9. The van der Waals surface area contributed by atoms with E-state index in [0.717, 1.165) is 5.69 Å². The number of anilines is 1. The lowest BCUT2D eigenvalue weighted by Gasteiger charge is -2.10. The van der Waals surface area contributed by atoms with E-state index >= 15 is 0 Å². The molecule has 0 aliphatic carbocycles. The van der Waals surface area contributed by atoms with Crippen LogP contribution in [0, 0.1) is 12.3 Å². The number of amides is 1. The summed E-state index contributed by atoms with van der Waals surface area (Å²) in [5.41, 5.74) is 9.34. The minimum Gasteiger partial charge on any atom is -0.384 e. The molecule has 0 aliphatic rings. The third-order valence-electron chi connectivity index (χ3n) is 4.27. The monoisotopic (exact) mass is 386 g/mol. The summed E-state index contributed by atoms with van der Waals surface area (Å²) in [6.07, 6.45) is 3.06. The number of nitrogen functional groups attached to an aromatic ring is 1. The van der Waals surface area contributed by atoms with Crippen LogP contribution < -0.4 is 11.1 Å². The van der Waals surface area contributed by atoms with Crippen LogP contribution in [0.1, 0.15) is 21.7 Å². The fraction of sp³-hybridized carbons (Fsp3) is 0.0500. The summed E-state index contributed by atoms with van der Waals surface area (Å²) >= 11 is 0. The van der Waals surface area contributed by atoms with Crippen LogP contribution in [0.4, 0.5) is 5.69 Å². The van der Waals surface area contributed by atoms with Gasteiger partial charge in [-0.15, -0.1) is 0 Å². The molecule has 0 unspecified atom stereocenters. The molecule has 29 heavy (non-hydrogen) atoms. The Balaban J connectivity index is 1.60. The van der Waals surface area contributed by atoms with Crippen LogP contribution in [0.25, 0.3) is 11.4 Å². The Hall–Kier alpha value is -4.27. The van der Waals surface area contributed by atoms with E-state index in [-0.39, 0.29) is 11.7 Å². The third kappa shape index (κ3) is 3.74. The van der Waals surface area contributed by atoms with Crippen molar-refractivity contribution in [3.63, 3.8) is 0 Å². The predicted molar refractivity (Wildman–Crippen MR) is 109 cm³/mol. The van der Waals surface area contributed by atoms with Crippen molar-refractivity contribution in [3.05, 3.63) is 84.2 Å². The van der Waals surface area contributed by atoms with Gasteiger partial charge in [-0.1, -0.05) is 12.1 Å². The summed E-state index contributed by atoms with van der Waals surface area (Å²) in [4.78, 5) is 16.8. The molecule has 0 fully saturated rings. The molecular weight excluding hydrogens is 368 g/mol. The number of nitrogens with zero attached hydrogens (tertiary/aromatic N) is 5. The van der Waals surface area contributed by atoms with E-state index in [1.54, 1.807) is 52.1 Å². The molecule has 9 nitrogen and oxygen atoms in total. The number of amidine groups is 1. The molecule has 9 heteroatoms. The highest BCUT2D eigenvalue weighted by Crippen LogP contribution is 2.17. The van der Waals surface area contributed by atoms with Gasteiger partial charge in [0.25, 0.3) is 5.91 Å². The van der Waals surface area contributed by atoms with Crippen LogP contribution in [-0.2, 0) is 0 Å². The lowest BCUT2D eigenvalue weighted by atomic mass is 10.2. The molecule has 0 radical (unpaired) electrons. The maximum Gasteiger partial charge on any atom is 0.274 e. The largest absolute Gasteiger partial charge is 0.384 e. The first-order chi connectivity index (χ1) is 14.0. The number of aromatic nitrogens is 5. The number of aryl methyl sites for hydroxylation is 1. The first-order valence-electron chi connectivity index (χ1n) is 8.79. The van der Waals surface area contributed by atoms with Crippen molar-refractivity contribution in [2.45, 2.75) is 6.92 Å². The van der Waals surface area contributed by atoms with Gasteiger partial charge in [-0.2, -0.15) is 10.2 Å².